The maximum absolute atomic E-state index is 9.76. The first kappa shape index (κ1) is 39.8. The molecule has 0 rings (SSSR count). The summed E-state index contributed by atoms with van der Waals surface area (Å²) in [6.45, 7) is 8.98. The van der Waals surface area contributed by atoms with Crippen molar-refractivity contribution in [2.75, 3.05) is 0 Å². The Labute approximate surface area is 191 Å². The molecule has 0 spiro atoms. The molecule has 10 nitrogen and oxygen atoms in total. The van der Waals surface area contributed by atoms with Gasteiger partial charge in [0.2, 0.25) is 0 Å². The van der Waals surface area contributed by atoms with Crippen LogP contribution in [0.25, 0.3) is 0 Å². The van der Waals surface area contributed by atoms with E-state index in [1.165, 1.54) is 0 Å². The molecule has 0 amide bonds. The summed E-state index contributed by atoms with van der Waals surface area (Å²) in [7, 11) is 0. The van der Waals surface area contributed by atoms with Gasteiger partial charge >= 0.3 is 23.9 Å². The molecule has 0 radical (unpaired) electrons. The van der Waals surface area contributed by atoms with Crippen molar-refractivity contribution in [1.82, 2.24) is 0 Å². The molecule has 32 heavy (non-hydrogen) atoms. The van der Waals surface area contributed by atoms with Crippen molar-refractivity contribution >= 4 is 29.8 Å². The zero-order valence-corrected chi connectivity index (χ0v) is 20.3. The molecule has 0 aliphatic rings. The quantitative estimate of drug-likeness (QED) is 0.257. The second-order valence-corrected chi connectivity index (χ2v) is 6.51. The Kier molecular flexibility index (Phi) is 44.5. The van der Waals surface area contributed by atoms with Crippen molar-refractivity contribution in [1.29, 1.82) is 0 Å². The molecule has 0 bridgehead atoms. The lowest BCUT2D eigenvalue weighted by Gasteiger charge is -1.85. The minimum atomic E-state index is -0.833. The van der Waals surface area contributed by atoms with Crippen molar-refractivity contribution < 1.29 is 49.5 Å². The van der Waals surface area contributed by atoms with Crippen LogP contribution in [0.4, 0.5) is 0 Å². The van der Waals surface area contributed by atoms with Gasteiger partial charge in [0.15, 0.2) is 0 Å². The third kappa shape index (κ3) is 107. The zero-order valence-electron chi connectivity index (χ0n) is 20.3. The van der Waals surface area contributed by atoms with Crippen LogP contribution in [0, 0.1) is 0 Å². The van der Waals surface area contributed by atoms with E-state index in [9.17, 15) is 19.2 Å². The summed E-state index contributed by atoms with van der Waals surface area (Å²) in [6, 6.07) is 0. The summed E-state index contributed by atoms with van der Waals surface area (Å²) in [6.07, 6.45) is 8.33. The predicted molar refractivity (Wildman–Crippen MR) is 122 cm³/mol. The van der Waals surface area contributed by atoms with Gasteiger partial charge < -0.3 is 25.5 Å². The SMILES string of the molecule is CC(=O)O.CCCCC(=O)O.CCCCC(=O)O.CCCCC(=O)O.CCCCC(=O)O. The monoisotopic (exact) mass is 468 g/mol. The van der Waals surface area contributed by atoms with Crippen LogP contribution in [0.15, 0.2) is 0 Å². The van der Waals surface area contributed by atoms with Gasteiger partial charge in [-0.1, -0.05) is 53.4 Å². The Hall–Kier alpha value is -2.65. The zero-order chi connectivity index (χ0) is 26.4. The van der Waals surface area contributed by atoms with E-state index < -0.39 is 29.8 Å². The van der Waals surface area contributed by atoms with Crippen LogP contribution in [-0.2, 0) is 24.0 Å². The number of aliphatic carboxylic acids is 5. The van der Waals surface area contributed by atoms with Gasteiger partial charge in [-0.3, -0.25) is 24.0 Å². The van der Waals surface area contributed by atoms with Gasteiger partial charge in [0.05, 0.1) is 0 Å². The molecule has 0 atom stereocenters. The average molecular weight is 469 g/mol. The molecule has 0 heterocycles. The summed E-state index contributed by atoms with van der Waals surface area (Å²) in [5, 5.41) is 39.6. The fourth-order valence-corrected chi connectivity index (χ4v) is 1.31. The fraction of sp³-hybridized carbons (Fsp3) is 0.773. The number of unbranched alkanes of at least 4 members (excludes halogenated alkanes) is 4. The van der Waals surface area contributed by atoms with Crippen LogP contribution in [0.1, 0.15) is 112 Å². The van der Waals surface area contributed by atoms with Gasteiger partial charge in [0.1, 0.15) is 0 Å². The Balaban J connectivity index is -0.0000000960. The van der Waals surface area contributed by atoms with Crippen LogP contribution < -0.4 is 0 Å². The van der Waals surface area contributed by atoms with Gasteiger partial charge in [-0.2, -0.15) is 0 Å². The lowest BCUT2D eigenvalue weighted by Crippen LogP contribution is -1.91. The number of carboxylic acids is 5. The average Bonchev–Trinajstić information content (AvgIpc) is 2.68. The van der Waals surface area contributed by atoms with E-state index in [2.05, 4.69) is 0 Å². The number of rotatable bonds is 12. The molecular formula is C22H44O10. The largest absolute Gasteiger partial charge is 0.481 e. The molecule has 0 saturated carbocycles. The topological polar surface area (TPSA) is 186 Å². The van der Waals surface area contributed by atoms with E-state index >= 15 is 0 Å². The molecule has 0 fully saturated rings. The third-order valence-electron chi connectivity index (χ3n) is 2.98. The highest BCUT2D eigenvalue weighted by molar-refractivity contribution is 5.67. The van der Waals surface area contributed by atoms with Gasteiger partial charge in [-0.05, 0) is 25.7 Å². The van der Waals surface area contributed by atoms with Crippen LogP contribution in [0.5, 0.6) is 0 Å². The number of hydrogen-bond donors (Lipinski definition) is 5. The molecule has 0 aromatic rings. The first-order valence-electron chi connectivity index (χ1n) is 10.9. The molecule has 10 heteroatoms. The molecule has 192 valence electrons. The molecule has 0 saturated heterocycles. The Morgan fingerprint density at radius 3 is 0.594 bits per heavy atom. The van der Waals surface area contributed by atoms with E-state index in [1.807, 2.05) is 27.7 Å². The highest BCUT2D eigenvalue weighted by Crippen LogP contribution is 1.92. The second kappa shape index (κ2) is 35.8. The van der Waals surface area contributed by atoms with Crippen LogP contribution in [0.3, 0.4) is 0 Å². The van der Waals surface area contributed by atoms with Gasteiger partial charge in [0.25, 0.3) is 5.97 Å². The summed E-state index contributed by atoms with van der Waals surface area (Å²) < 4.78 is 0. The van der Waals surface area contributed by atoms with Gasteiger partial charge in [-0.25, -0.2) is 0 Å². The lowest BCUT2D eigenvalue weighted by molar-refractivity contribution is -0.138. The van der Waals surface area contributed by atoms with E-state index in [1.54, 1.807) is 0 Å². The first-order valence-corrected chi connectivity index (χ1v) is 10.9. The van der Waals surface area contributed by atoms with E-state index in [4.69, 9.17) is 30.3 Å². The van der Waals surface area contributed by atoms with E-state index in [0.717, 1.165) is 58.3 Å². The van der Waals surface area contributed by atoms with Crippen molar-refractivity contribution in [3.63, 3.8) is 0 Å². The van der Waals surface area contributed by atoms with E-state index in [0.29, 0.717) is 25.7 Å². The lowest BCUT2D eigenvalue weighted by atomic mass is 10.3. The van der Waals surface area contributed by atoms with Crippen molar-refractivity contribution in [2.24, 2.45) is 0 Å². The molecule has 0 aliphatic heterocycles. The maximum atomic E-state index is 9.76. The maximum Gasteiger partial charge on any atom is 0.303 e. The molecular weight excluding hydrogens is 424 g/mol. The second-order valence-electron chi connectivity index (χ2n) is 6.51. The minimum absolute atomic E-state index is 0.316. The fourth-order valence-electron chi connectivity index (χ4n) is 1.31. The molecule has 0 aromatic heterocycles. The van der Waals surface area contributed by atoms with Gasteiger partial charge in [0, 0.05) is 32.6 Å². The normalized spacial score (nSPS) is 8.41. The van der Waals surface area contributed by atoms with Crippen molar-refractivity contribution in [2.45, 2.75) is 112 Å². The number of carboxylic acid groups (broad SMARTS) is 5. The summed E-state index contributed by atoms with van der Waals surface area (Å²) in [5.41, 5.74) is 0. The molecule has 5 N–H and O–H groups in total. The number of carbonyl (C=O) groups is 5. The standard InChI is InChI=1S/4C5H10O2.C2H4O2/c4*1-2-3-4-5(6)7;1-2(3)4/h4*2-4H2,1H3,(H,6,7);1H3,(H,3,4). The predicted octanol–water partition coefficient (Wildman–Crippen LogP) is 5.14. The Morgan fingerprint density at radius 1 is 0.438 bits per heavy atom. The molecule has 0 unspecified atom stereocenters. The summed E-state index contributed by atoms with van der Waals surface area (Å²) in [4.78, 5) is 48.0. The third-order valence-corrected chi connectivity index (χ3v) is 2.98. The summed E-state index contributed by atoms with van der Waals surface area (Å²) >= 11 is 0. The molecule has 0 aliphatic carbocycles. The highest BCUT2D eigenvalue weighted by atomic mass is 16.4. The Morgan fingerprint density at radius 2 is 0.562 bits per heavy atom. The molecule has 0 aromatic carbocycles. The van der Waals surface area contributed by atoms with Crippen LogP contribution in [0.2, 0.25) is 0 Å². The summed E-state index contributed by atoms with van der Waals surface area (Å²) in [5.74, 6) is -3.60. The smallest absolute Gasteiger partial charge is 0.303 e. The van der Waals surface area contributed by atoms with Crippen LogP contribution in [-0.4, -0.2) is 55.4 Å². The van der Waals surface area contributed by atoms with Crippen LogP contribution >= 0.6 is 0 Å². The van der Waals surface area contributed by atoms with Gasteiger partial charge in [-0.15, -0.1) is 0 Å². The van der Waals surface area contributed by atoms with E-state index in [-0.39, 0.29) is 0 Å². The Bertz CT molecular complexity index is 386. The number of hydrogen-bond acceptors (Lipinski definition) is 5. The first-order chi connectivity index (χ1) is 14.8. The highest BCUT2D eigenvalue weighted by Gasteiger charge is 1.92. The van der Waals surface area contributed by atoms with Crippen molar-refractivity contribution in [3.8, 4) is 0 Å². The minimum Gasteiger partial charge on any atom is -0.481 e. The van der Waals surface area contributed by atoms with Crippen molar-refractivity contribution in [3.05, 3.63) is 0 Å².